The number of hydrogen-bond acceptors (Lipinski definition) is 3. The van der Waals surface area contributed by atoms with E-state index in [0.717, 1.165) is 22.4 Å². The van der Waals surface area contributed by atoms with Crippen LogP contribution in [-0.2, 0) is 4.79 Å². The van der Waals surface area contributed by atoms with Crippen LogP contribution in [0.5, 0.6) is 11.5 Å². The smallest absolute Gasteiger partial charge is 0.248 e. The van der Waals surface area contributed by atoms with Crippen molar-refractivity contribution in [3.63, 3.8) is 0 Å². The number of methoxy groups -OCH3 is 2. The summed E-state index contributed by atoms with van der Waals surface area (Å²) in [5.41, 5.74) is 3.79. The summed E-state index contributed by atoms with van der Waals surface area (Å²) in [6.07, 6.45) is 3.19. The lowest BCUT2D eigenvalue weighted by Crippen LogP contribution is -2.08. The average Bonchev–Trinajstić information content (AvgIpc) is 2.51. The third-order valence-corrected chi connectivity index (χ3v) is 3.34. The first-order valence-corrected chi connectivity index (χ1v) is 7.32. The van der Waals surface area contributed by atoms with Gasteiger partial charge < -0.3 is 14.8 Å². The first kappa shape index (κ1) is 16.6. The van der Waals surface area contributed by atoms with Crippen LogP contribution < -0.4 is 14.8 Å². The van der Waals surface area contributed by atoms with E-state index in [0.29, 0.717) is 11.5 Å². The second kappa shape index (κ2) is 7.49. The summed E-state index contributed by atoms with van der Waals surface area (Å²) in [5.74, 6) is 1.04. The van der Waals surface area contributed by atoms with Gasteiger partial charge in [-0.15, -0.1) is 0 Å². The molecule has 120 valence electrons. The zero-order chi connectivity index (χ0) is 16.8. The lowest BCUT2D eigenvalue weighted by Gasteiger charge is -2.10. The summed E-state index contributed by atoms with van der Waals surface area (Å²) in [4.78, 5) is 12.1. The Hall–Kier alpha value is -2.75. The number of anilines is 1. The highest BCUT2D eigenvalue weighted by molar-refractivity contribution is 6.02. The topological polar surface area (TPSA) is 47.6 Å². The van der Waals surface area contributed by atoms with Gasteiger partial charge in [-0.25, -0.2) is 0 Å². The lowest BCUT2D eigenvalue weighted by atomic mass is 10.1. The van der Waals surface area contributed by atoms with Crippen LogP contribution in [-0.4, -0.2) is 20.1 Å². The van der Waals surface area contributed by atoms with E-state index >= 15 is 0 Å². The molecule has 0 saturated carbocycles. The van der Waals surface area contributed by atoms with Crippen LogP contribution in [0.2, 0.25) is 0 Å². The third-order valence-electron chi connectivity index (χ3n) is 3.34. The van der Waals surface area contributed by atoms with Gasteiger partial charge in [-0.05, 0) is 49.2 Å². The Morgan fingerprint density at radius 1 is 1.04 bits per heavy atom. The van der Waals surface area contributed by atoms with E-state index in [1.807, 2.05) is 44.2 Å². The van der Waals surface area contributed by atoms with Crippen molar-refractivity contribution >= 4 is 17.7 Å². The molecule has 1 amide bonds. The number of amides is 1. The van der Waals surface area contributed by atoms with E-state index in [2.05, 4.69) is 11.4 Å². The number of ether oxygens (including phenoxy) is 2. The Bertz CT molecular complexity index is 715. The van der Waals surface area contributed by atoms with E-state index in [4.69, 9.17) is 9.47 Å². The normalized spacial score (nSPS) is 10.6. The molecule has 0 fully saturated rings. The van der Waals surface area contributed by atoms with Crippen LogP contribution in [0.25, 0.3) is 6.08 Å². The minimum absolute atomic E-state index is 0.195. The first-order chi connectivity index (χ1) is 11.0. The Balaban J connectivity index is 2.15. The molecular weight excluding hydrogens is 290 g/mol. The van der Waals surface area contributed by atoms with Crippen molar-refractivity contribution in [1.29, 1.82) is 0 Å². The fraction of sp³-hybridized carbons (Fsp3) is 0.211. The van der Waals surface area contributed by atoms with E-state index in [-0.39, 0.29) is 5.91 Å². The molecule has 4 nitrogen and oxygen atoms in total. The number of hydrogen-bond donors (Lipinski definition) is 1. The Labute approximate surface area is 136 Å². The quantitative estimate of drug-likeness (QED) is 0.850. The van der Waals surface area contributed by atoms with Gasteiger partial charge in [0.05, 0.1) is 14.2 Å². The molecule has 0 heterocycles. The van der Waals surface area contributed by atoms with Crippen molar-refractivity contribution < 1.29 is 14.3 Å². The van der Waals surface area contributed by atoms with Crippen LogP contribution in [0.4, 0.5) is 5.69 Å². The van der Waals surface area contributed by atoms with Gasteiger partial charge in [0.15, 0.2) is 11.5 Å². The molecule has 0 aliphatic rings. The molecular formula is C19H21NO3. The maximum atomic E-state index is 12.1. The van der Waals surface area contributed by atoms with Crippen LogP contribution in [0.1, 0.15) is 16.7 Å². The average molecular weight is 311 g/mol. The zero-order valence-electron chi connectivity index (χ0n) is 13.8. The maximum Gasteiger partial charge on any atom is 0.248 e. The number of rotatable bonds is 5. The molecule has 0 aliphatic heterocycles. The molecule has 0 bridgehead atoms. The predicted molar refractivity (Wildman–Crippen MR) is 93.1 cm³/mol. The molecule has 0 atom stereocenters. The van der Waals surface area contributed by atoms with E-state index in [1.54, 1.807) is 20.3 Å². The molecule has 0 radical (unpaired) electrons. The summed E-state index contributed by atoms with van der Waals surface area (Å²) in [6.45, 7) is 4.00. The molecule has 2 aromatic rings. The van der Waals surface area contributed by atoms with Crippen LogP contribution in [0.15, 0.2) is 42.5 Å². The fourth-order valence-corrected chi connectivity index (χ4v) is 2.44. The van der Waals surface area contributed by atoms with Crippen molar-refractivity contribution in [2.24, 2.45) is 0 Å². The highest BCUT2D eigenvalue weighted by atomic mass is 16.5. The van der Waals surface area contributed by atoms with Gasteiger partial charge in [0, 0.05) is 17.3 Å². The van der Waals surface area contributed by atoms with Gasteiger partial charge in [0.2, 0.25) is 5.91 Å². The highest BCUT2D eigenvalue weighted by Gasteiger charge is 2.07. The van der Waals surface area contributed by atoms with E-state index in [9.17, 15) is 4.79 Å². The van der Waals surface area contributed by atoms with E-state index in [1.165, 1.54) is 6.08 Å². The van der Waals surface area contributed by atoms with Crippen LogP contribution in [0.3, 0.4) is 0 Å². The fourth-order valence-electron chi connectivity index (χ4n) is 2.44. The van der Waals surface area contributed by atoms with Crippen molar-refractivity contribution in [2.75, 3.05) is 19.5 Å². The molecule has 1 N–H and O–H groups in total. The monoisotopic (exact) mass is 311 g/mol. The minimum atomic E-state index is -0.195. The lowest BCUT2D eigenvalue weighted by molar-refractivity contribution is -0.111. The highest BCUT2D eigenvalue weighted by Crippen LogP contribution is 2.31. The van der Waals surface area contributed by atoms with Crippen molar-refractivity contribution in [3.05, 3.63) is 59.2 Å². The summed E-state index contributed by atoms with van der Waals surface area (Å²) in [5, 5.41) is 2.86. The Morgan fingerprint density at radius 2 is 1.74 bits per heavy atom. The van der Waals surface area contributed by atoms with Gasteiger partial charge in [0.1, 0.15) is 0 Å². The predicted octanol–water partition coefficient (Wildman–Crippen LogP) is 3.97. The maximum absolute atomic E-state index is 12.1. The molecule has 0 aliphatic carbocycles. The first-order valence-electron chi connectivity index (χ1n) is 7.32. The Kier molecular flexibility index (Phi) is 5.41. The second-order valence-corrected chi connectivity index (χ2v) is 5.28. The number of nitrogens with one attached hydrogen (secondary N) is 1. The van der Waals surface area contributed by atoms with Gasteiger partial charge in [-0.1, -0.05) is 18.2 Å². The van der Waals surface area contributed by atoms with Gasteiger partial charge in [0.25, 0.3) is 0 Å². The zero-order valence-corrected chi connectivity index (χ0v) is 13.8. The summed E-state index contributed by atoms with van der Waals surface area (Å²) in [6, 6.07) is 11.5. The van der Waals surface area contributed by atoms with Gasteiger partial charge >= 0.3 is 0 Å². The molecule has 0 spiro atoms. The third kappa shape index (κ3) is 4.36. The standard InChI is InChI=1S/C19H21NO3/c1-13-10-14(2)12-16(11-13)20-18(21)9-8-15-6-5-7-17(22-3)19(15)23-4/h5-12H,1-4H3,(H,20,21)/b9-8+. The summed E-state index contributed by atoms with van der Waals surface area (Å²) in [7, 11) is 3.16. The van der Waals surface area contributed by atoms with E-state index < -0.39 is 0 Å². The van der Waals surface area contributed by atoms with Gasteiger partial charge in [-0.3, -0.25) is 4.79 Å². The number of aryl methyl sites for hydroxylation is 2. The minimum Gasteiger partial charge on any atom is -0.493 e. The van der Waals surface area contributed by atoms with Crippen LogP contribution in [0, 0.1) is 13.8 Å². The summed E-state index contributed by atoms with van der Waals surface area (Å²) < 4.78 is 10.6. The number of benzene rings is 2. The molecule has 0 saturated heterocycles. The number of para-hydroxylation sites is 1. The SMILES string of the molecule is COc1cccc(/C=C/C(=O)Nc2cc(C)cc(C)c2)c1OC. The second-order valence-electron chi connectivity index (χ2n) is 5.28. The van der Waals surface area contributed by atoms with Gasteiger partial charge in [-0.2, -0.15) is 0 Å². The van der Waals surface area contributed by atoms with Crippen molar-refractivity contribution in [2.45, 2.75) is 13.8 Å². The Morgan fingerprint density at radius 3 is 2.35 bits per heavy atom. The summed E-state index contributed by atoms with van der Waals surface area (Å²) >= 11 is 0. The number of carbonyl (C=O) groups excluding carboxylic acids is 1. The molecule has 2 aromatic carbocycles. The van der Waals surface area contributed by atoms with Crippen molar-refractivity contribution in [1.82, 2.24) is 0 Å². The molecule has 4 heteroatoms. The molecule has 23 heavy (non-hydrogen) atoms. The molecule has 0 aromatic heterocycles. The largest absolute Gasteiger partial charge is 0.493 e. The van der Waals surface area contributed by atoms with Crippen molar-refractivity contribution in [3.8, 4) is 11.5 Å². The number of carbonyl (C=O) groups is 1. The van der Waals surface area contributed by atoms with Crippen LogP contribution >= 0.6 is 0 Å². The molecule has 0 unspecified atom stereocenters. The molecule has 2 rings (SSSR count).